The number of rotatable bonds is 12. The summed E-state index contributed by atoms with van der Waals surface area (Å²) in [4.78, 5) is 41.2. The number of hydrogen-bond acceptors (Lipinski definition) is 4. The lowest BCUT2D eigenvalue weighted by atomic mass is 9.97. The van der Waals surface area contributed by atoms with E-state index in [4.69, 9.17) is 27.9 Å². The normalized spacial score (nSPS) is 12.9. The van der Waals surface area contributed by atoms with Crippen molar-refractivity contribution in [3.8, 4) is 5.75 Å². The van der Waals surface area contributed by atoms with Crippen molar-refractivity contribution in [3.05, 3.63) is 94.0 Å². The van der Waals surface area contributed by atoms with Crippen molar-refractivity contribution in [2.24, 2.45) is 5.92 Å². The van der Waals surface area contributed by atoms with E-state index >= 15 is 0 Å². The minimum atomic E-state index is -5.16. The molecule has 2 amide bonds. The second-order valence-electron chi connectivity index (χ2n) is 10.0. The van der Waals surface area contributed by atoms with Crippen LogP contribution in [0.3, 0.4) is 0 Å². The Bertz CT molecular complexity index is 1380. The van der Waals surface area contributed by atoms with Crippen LogP contribution in [0.4, 0.5) is 18.9 Å². The quantitative estimate of drug-likeness (QED) is 0.240. The van der Waals surface area contributed by atoms with Crippen LogP contribution in [-0.2, 0) is 27.2 Å². The number of nitrogens with one attached hydrogen (secondary N) is 1. The van der Waals surface area contributed by atoms with Crippen molar-refractivity contribution in [2.75, 3.05) is 12.0 Å². The second-order valence-corrected chi connectivity index (χ2v) is 10.9. The standard InChI is InChI=1S/C31H31Cl2F3N2O4/c1-19(2)28(29(40)31(34,35)36)37-30(41)26(18-21-5-4-6-23(33)17-21)38(24-12-14-25(42-3)15-13-24)27(39)16-9-20-7-10-22(32)11-8-20/h4-8,10-15,17,19,26,28H,9,16,18H2,1-3H3,(H,37,41)/t26-,28-/m0/s1. The highest BCUT2D eigenvalue weighted by Gasteiger charge is 2.46. The van der Waals surface area contributed by atoms with Crippen LogP contribution in [0.15, 0.2) is 72.8 Å². The molecule has 0 aliphatic heterocycles. The number of amides is 2. The van der Waals surface area contributed by atoms with Gasteiger partial charge in [-0.15, -0.1) is 0 Å². The predicted molar refractivity (Wildman–Crippen MR) is 157 cm³/mol. The van der Waals surface area contributed by atoms with Crippen molar-refractivity contribution >= 4 is 46.5 Å². The van der Waals surface area contributed by atoms with Gasteiger partial charge in [-0.25, -0.2) is 0 Å². The fraction of sp³-hybridized carbons (Fsp3) is 0.323. The van der Waals surface area contributed by atoms with Gasteiger partial charge < -0.3 is 10.1 Å². The van der Waals surface area contributed by atoms with Gasteiger partial charge in [0.05, 0.1) is 13.2 Å². The third kappa shape index (κ3) is 8.97. The number of hydrogen-bond donors (Lipinski definition) is 1. The van der Waals surface area contributed by atoms with Crippen LogP contribution < -0.4 is 15.0 Å². The summed E-state index contributed by atoms with van der Waals surface area (Å²) in [5.41, 5.74) is 1.71. The van der Waals surface area contributed by atoms with Gasteiger partial charge >= 0.3 is 6.18 Å². The lowest BCUT2D eigenvalue weighted by molar-refractivity contribution is -0.175. The first-order valence-corrected chi connectivity index (χ1v) is 13.9. The molecule has 224 valence electrons. The number of methoxy groups -OCH3 is 1. The highest BCUT2D eigenvalue weighted by molar-refractivity contribution is 6.30. The number of carbonyl (C=O) groups excluding carboxylic acids is 3. The molecule has 0 unspecified atom stereocenters. The molecule has 0 bridgehead atoms. The average Bonchev–Trinajstić information content (AvgIpc) is 2.94. The summed E-state index contributed by atoms with van der Waals surface area (Å²) in [5, 5.41) is 3.21. The van der Waals surface area contributed by atoms with E-state index in [9.17, 15) is 27.6 Å². The molecule has 0 fully saturated rings. The lowest BCUT2D eigenvalue weighted by Gasteiger charge is -2.33. The van der Waals surface area contributed by atoms with Crippen LogP contribution in [0, 0.1) is 5.92 Å². The molecule has 11 heteroatoms. The van der Waals surface area contributed by atoms with Crippen LogP contribution in [0.5, 0.6) is 5.75 Å². The van der Waals surface area contributed by atoms with Crippen molar-refractivity contribution in [2.45, 2.75) is 51.4 Å². The summed E-state index contributed by atoms with van der Waals surface area (Å²) in [5.74, 6) is -3.82. The molecule has 0 aliphatic rings. The highest BCUT2D eigenvalue weighted by atomic mass is 35.5. The summed E-state index contributed by atoms with van der Waals surface area (Å²) in [6.07, 6.45) is -4.96. The smallest absolute Gasteiger partial charge is 0.452 e. The maximum absolute atomic E-state index is 13.9. The predicted octanol–water partition coefficient (Wildman–Crippen LogP) is 6.85. The topological polar surface area (TPSA) is 75.7 Å². The molecule has 0 radical (unpaired) electrons. The molecular formula is C31H31Cl2F3N2O4. The molecule has 42 heavy (non-hydrogen) atoms. The van der Waals surface area contributed by atoms with Crippen LogP contribution >= 0.6 is 23.2 Å². The molecule has 0 aliphatic carbocycles. The second kappa shape index (κ2) is 14.6. The van der Waals surface area contributed by atoms with Crippen molar-refractivity contribution in [1.29, 1.82) is 0 Å². The first-order valence-electron chi connectivity index (χ1n) is 13.2. The van der Waals surface area contributed by atoms with Gasteiger partial charge in [0.15, 0.2) is 0 Å². The number of benzene rings is 3. The molecule has 1 N–H and O–H groups in total. The van der Waals surface area contributed by atoms with Crippen molar-refractivity contribution < 1.29 is 32.3 Å². The van der Waals surface area contributed by atoms with E-state index in [1.807, 2.05) is 0 Å². The number of halogens is 5. The van der Waals surface area contributed by atoms with Gasteiger partial charge in [0.1, 0.15) is 11.8 Å². The van der Waals surface area contributed by atoms with Gasteiger partial charge in [0.25, 0.3) is 5.78 Å². The van der Waals surface area contributed by atoms with Crippen LogP contribution in [0.2, 0.25) is 10.0 Å². The fourth-order valence-corrected chi connectivity index (χ4v) is 4.75. The zero-order chi connectivity index (χ0) is 31.0. The van der Waals surface area contributed by atoms with Crippen LogP contribution in [0.1, 0.15) is 31.4 Å². The average molecular weight is 623 g/mol. The van der Waals surface area contributed by atoms with Gasteiger partial charge in [0, 0.05) is 28.6 Å². The Morgan fingerprint density at radius 2 is 1.55 bits per heavy atom. The highest BCUT2D eigenvalue weighted by Crippen LogP contribution is 2.27. The molecule has 0 aromatic heterocycles. The number of aryl methyl sites for hydroxylation is 1. The number of Topliss-reactive ketones (excluding diaryl/α,β-unsaturated/α-hetero) is 1. The van der Waals surface area contributed by atoms with E-state index in [0.29, 0.717) is 33.5 Å². The zero-order valence-corrected chi connectivity index (χ0v) is 24.8. The number of nitrogens with zero attached hydrogens (tertiary/aromatic N) is 1. The van der Waals surface area contributed by atoms with Gasteiger partial charge in [-0.1, -0.05) is 61.3 Å². The van der Waals surface area contributed by atoms with Crippen LogP contribution in [-0.4, -0.2) is 43.0 Å². The Morgan fingerprint density at radius 1 is 0.905 bits per heavy atom. The summed E-state index contributed by atoms with van der Waals surface area (Å²) in [6.45, 7) is 2.80. The Balaban J connectivity index is 2.05. The Kier molecular flexibility index (Phi) is 11.4. The number of alkyl halides is 3. The molecule has 3 aromatic carbocycles. The van der Waals surface area contributed by atoms with Gasteiger partial charge in [-0.05, 0) is 72.0 Å². The van der Waals surface area contributed by atoms with Gasteiger partial charge in [0.2, 0.25) is 11.8 Å². The minimum Gasteiger partial charge on any atom is -0.497 e. The Morgan fingerprint density at radius 3 is 2.10 bits per heavy atom. The summed E-state index contributed by atoms with van der Waals surface area (Å²) in [6, 6.07) is 16.7. The molecule has 2 atom stereocenters. The van der Waals surface area contributed by atoms with E-state index in [0.717, 1.165) is 5.56 Å². The molecule has 3 aromatic rings. The number of ether oxygens (including phenoxy) is 1. The largest absolute Gasteiger partial charge is 0.497 e. The summed E-state index contributed by atoms with van der Waals surface area (Å²) >= 11 is 12.1. The third-order valence-corrected chi connectivity index (χ3v) is 7.11. The van der Waals surface area contributed by atoms with E-state index < -0.39 is 41.8 Å². The van der Waals surface area contributed by atoms with E-state index in [1.54, 1.807) is 72.8 Å². The Labute approximate surface area is 252 Å². The Hall–Kier alpha value is -3.56. The summed E-state index contributed by atoms with van der Waals surface area (Å²) in [7, 11) is 1.48. The van der Waals surface area contributed by atoms with Crippen molar-refractivity contribution in [3.63, 3.8) is 0 Å². The number of carbonyl (C=O) groups is 3. The molecule has 0 spiro atoms. The van der Waals surface area contributed by atoms with Gasteiger partial charge in [-0.2, -0.15) is 13.2 Å². The van der Waals surface area contributed by atoms with Gasteiger partial charge in [-0.3, -0.25) is 19.3 Å². The van der Waals surface area contributed by atoms with E-state index in [2.05, 4.69) is 5.32 Å². The molecule has 6 nitrogen and oxygen atoms in total. The maximum Gasteiger partial charge on any atom is 0.452 e. The van der Waals surface area contributed by atoms with E-state index in [-0.39, 0.29) is 12.8 Å². The van der Waals surface area contributed by atoms with Crippen LogP contribution in [0.25, 0.3) is 0 Å². The summed E-state index contributed by atoms with van der Waals surface area (Å²) < 4.78 is 45.5. The maximum atomic E-state index is 13.9. The molecular weight excluding hydrogens is 592 g/mol. The first kappa shape index (κ1) is 32.9. The SMILES string of the molecule is COc1ccc(N(C(=O)CCc2ccc(Cl)cc2)[C@@H](Cc2cccc(Cl)c2)C(=O)N[C@H](C(=O)C(F)(F)F)C(C)C)cc1. The zero-order valence-electron chi connectivity index (χ0n) is 23.3. The molecule has 0 saturated carbocycles. The molecule has 0 heterocycles. The number of ketones is 1. The molecule has 3 rings (SSSR count). The van der Waals surface area contributed by atoms with E-state index in [1.165, 1.54) is 25.9 Å². The first-order chi connectivity index (χ1) is 19.8. The number of anilines is 1. The monoisotopic (exact) mass is 622 g/mol. The minimum absolute atomic E-state index is 0.0257. The molecule has 0 saturated heterocycles. The third-order valence-electron chi connectivity index (χ3n) is 6.62. The fourth-order valence-electron chi connectivity index (χ4n) is 4.41. The lowest BCUT2D eigenvalue weighted by Crippen LogP contribution is -2.57. The van der Waals surface area contributed by atoms with Crippen molar-refractivity contribution in [1.82, 2.24) is 5.32 Å².